The van der Waals surface area contributed by atoms with Crippen molar-refractivity contribution in [1.29, 1.82) is 0 Å². The van der Waals surface area contributed by atoms with E-state index in [-0.39, 0.29) is 5.41 Å². The highest BCUT2D eigenvalue weighted by atomic mass is 32.1. The molecule has 6 heteroatoms. The Morgan fingerprint density at radius 1 is 1.33 bits per heavy atom. The predicted octanol–water partition coefficient (Wildman–Crippen LogP) is 2.99. The van der Waals surface area contributed by atoms with Crippen LogP contribution in [0.2, 0.25) is 0 Å². The SMILES string of the molecule is CCNC(Cc1nc(Cc2nc(C)cs2)no1)C(C)(C)C. The van der Waals surface area contributed by atoms with Crippen LogP contribution in [0.4, 0.5) is 0 Å². The maximum absolute atomic E-state index is 5.39. The zero-order valence-electron chi connectivity index (χ0n) is 13.4. The van der Waals surface area contributed by atoms with E-state index < -0.39 is 0 Å². The summed E-state index contributed by atoms with van der Waals surface area (Å²) in [6.45, 7) is 11.7. The van der Waals surface area contributed by atoms with Crippen molar-refractivity contribution in [2.45, 2.75) is 53.5 Å². The third-order valence-electron chi connectivity index (χ3n) is 3.36. The fraction of sp³-hybridized carbons (Fsp3) is 0.667. The standard InChI is InChI=1S/C15H24N4OS/c1-6-16-11(15(3,4)5)7-13-18-12(19-20-13)8-14-17-10(2)9-21-14/h9,11,16H,6-8H2,1-5H3. The second-order valence-electron chi connectivity index (χ2n) is 6.34. The number of likely N-dealkylation sites (N-methyl/N-ethyl adjacent to an activating group) is 1. The first kappa shape index (κ1) is 16.1. The normalized spacial score (nSPS) is 13.6. The Morgan fingerprint density at radius 3 is 2.67 bits per heavy atom. The van der Waals surface area contributed by atoms with Gasteiger partial charge in [-0.25, -0.2) is 4.98 Å². The van der Waals surface area contributed by atoms with Gasteiger partial charge in [0, 0.05) is 23.5 Å². The van der Waals surface area contributed by atoms with Crippen LogP contribution in [-0.4, -0.2) is 27.7 Å². The van der Waals surface area contributed by atoms with E-state index in [9.17, 15) is 0 Å². The Morgan fingerprint density at radius 2 is 2.10 bits per heavy atom. The van der Waals surface area contributed by atoms with Crippen LogP contribution < -0.4 is 5.32 Å². The Hall–Kier alpha value is -1.27. The molecular weight excluding hydrogens is 284 g/mol. The Kier molecular flexibility index (Phi) is 5.11. The van der Waals surface area contributed by atoms with Gasteiger partial charge in [0.1, 0.15) is 5.01 Å². The summed E-state index contributed by atoms with van der Waals surface area (Å²) >= 11 is 1.63. The molecule has 1 unspecified atom stereocenters. The molecule has 2 aromatic heterocycles. The van der Waals surface area contributed by atoms with Gasteiger partial charge in [0.25, 0.3) is 0 Å². The minimum Gasteiger partial charge on any atom is -0.339 e. The molecule has 0 spiro atoms. The Bertz CT molecular complexity index is 570. The number of thiazole rings is 1. The van der Waals surface area contributed by atoms with Gasteiger partial charge in [0.05, 0.1) is 6.42 Å². The van der Waals surface area contributed by atoms with Crippen molar-refractivity contribution in [3.05, 3.63) is 27.8 Å². The molecule has 0 bridgehead atoms. The molecule has 2 heterocycles. The molecule has 0 saturated carbocycles. The van der Waals surface area contributed by atoms with E-state index >= 15 is 0 Å². The Labute approximate surface area is 130 Å². The fourth-order valence-corrected chi connectivity index (χ4v) is 2.94. The maximum atomic E-state index is 5.39. The summed E-state index contributed by atoms with van der Waals surface area (Å²) in [5.74, 6) is 1.41. The van der Waals surface area contributed by atoms with Crippen LogP contribution in [0.5, 0.6) is 0 Å². The van der Waals surface area contributed by atoms with Crippen molar-refractivity contribution in [2.24, 2.45) is 5.41 Å². The van der Waals surface area contributed by atoms with E-state index in [1.54, 1.807) is 11.3 Å². The highest BCUT2D eigenvalue weighted by Crippen LogP contribution is 2.22. The molecule has 0 saturated heterocycles. The van der Waals surface area contributed by atoms with Crippen LogP contribution in [0.15, 0.2) is 9.90 Å². The van der Waals surface area contributed by atoms with Crippen LogP contribution in [-0.2, 0) is 12.8 Å². The minimum atomic E-state index is 0.150. The summed E-state index contributed by atoms with van der Waals surface area (Å²) in [6.07, 6.45) is 1.39. The highest BCUT2D eigenvalue weighted by molar-refractivity contribution is 7.09. The molecule has 0 fully saturated rings. The molecule has 21 heavy (non-hydrogen) atoms. The van der Waals surface area contributed by atoms with Gasteiger partial charge in [0.2, 0.25) is 5.89 Å². The summed E-state index contributed by atoms with van der Waals surface area (Å²) in [7, 11) is 0. The van der Waals surface area contributed by atoms with Crippen molar-refractivity contribution in [3.63, 3.8) is 0 Å². The maximum Gasteiger partial charge on any atom is 0.228 e. The van der Waals surface area contributed by atoms with Gasteiger partial charge < -0.3 is 9.84 Å². The summed E-state index contributed by atoms with van der Waals surface area (Å²) in [4.78, 5) is 8.93. The molecule has 0 amide bonds. The van der Waals surface area contributed by atoms with Crippen LogP contribution in [0.1, 0.15) is 50.1 Å². The molecule has 0 aliphatic heterocycles. The van der Waals surface area contributed by atoms with Gasteiger partial charge >= 0.3 is 0 Å². The van der Waals surface area contributed by atoms with Gasteiger partial charge in [-0.1, -0.05) is 32.9 Å². The molecule has 2 rings (SSSR count). The topological polar surface area (TPSA) is 63.8 Å². The molecule has 1 atom stereocenters. The lowest BCUT2D eigenvalue weighted by Crippen LogP contribution is -2.41. The third kappa shape index (κ3) is 4.61. The first-order chi connectivity index (χ1) is 9.88. The van der Waals surface area contributed by atoms with Crippen LogP contribution >= 0.6 is 11.3 Å². The van der Waals surface area contributed by atoms with E-state index in [2.05, 4.69) is 48.1 Å². The largest absolute Gasteiger partial charge is 0.339 e. The highest BCUT2D eigenvalue weighted by Gasteiger charge is 2.26. The average Bonchev–Trinajstić information content (AvgIpc) is 2.98. The van der Waals surface area contributed by atoms with Gasteiger partial charge in [0.15, 0.2) is 5.82 Å². The number of aromatic nitrogens is 3. The molecule has 0 aliphatic carbocycles. The quantitative estimate of drug-likeness (QED) is 0.889. The van der Waals surface area contributed by atoms with Crippen molar-refractivity contribution in [2.75, 3.05) is 6.54 Å². The number of nitrogens with one attached hydrogen (secondary N) is 1. The molecule has 0 aromatic carbocycles. The van der Waals surface area contributed by atoms with Gasteiger partial charge in [-0.15, -0.1) is 11.3 Å². The molecule has 2 aromatic rings. The van der Waals surface area contributed by atoms with Crippen LogP contribution in [0.25, 0.3) is 0 Å². The van der Waals surface area contributed by atoms with E-state index in [0.29, 0.717) is 24.2 Å². The summed E-state index contributed by atoms with van der Waals surface area (Å²) in [5, 5.41) is 10.6. The van der Waals surface area contributed by atoms with E-state index in [1.807, 2.05) is 12.3 Å². The van der Waals surface area contributed by atoms with Gasteiger partial charge in [-0.3, -0.25) is 0 Å². The summed E-state index contributed by atoms with van der Waals surface area (Å²) < 4.78 is 5.39. The van der Waals surface area contributed by atoms with Crippen LogP contribution in [0, 0.1) is 12.3 Å². The first-order valence-corrected chi connectivity index (χ1v) is 8.22. The number of hydrogen-bond donors (Lipinski definition) is 1. The molecule has 1 N–H and O–H groups in total. The zero-order chi connectivity index (χ0) is 15.5. The molecule has 0 aliphatic rings. The van der Waals surface area contributed by atoms with Crippen molar-refractivity contribution in [3.8, 4) is 0 Å². The predicted molar refractivity (Wildman–Crippen MR) is 84.6 cm³/mol. The monoisotopic (exact) mass is 308 g/mol. The first-order valence-electron chi connectivity index (χ1n) is 7.34. The molecule has 116 valence electrons. The Balaban J connectivity index is 2.01. The molecule has 5 nitrogen and oxygen atoms in total. The summed E-state index contributed by atoms with van der Waals surface area (Å²) in [5.41, 5.74) is 1.19. The fourth-order valence-electron chi connectivity index (χ4n) is 2.17. The lowest BCUT2D eigenvalue weighted by Gasteiger charge is -2.30. The summed E-state index contributed by atoms with van der Waals surface area (Å²) in [6, 6.07) is 0.318. The number of nitrogens with zero attached hydrogens (tertiary/aromatic N) is 3. The van der Waals surface area contributed by atoms with E-state index in [0.717, 1.165) is 23.7 Å². The molecular formula is C15H24N4OS. The van der Waals surface area contributed by atoms with E-state index in [4.69, 9.17) is 4.52 Å². The number of hydrogen-bond acceptors (Lipinski definition) is 6. The van der Waals surface area contributed by atoms with E-state index in [1.165, 1.54) is 0 Å². The zero-order valence-corrected chi connectivity index (χ0v) is 14.3. The molecule has 0 radical (unpaired) electrons. The third-order valence-corrected chi connectivity index (χ3v) is 4.33. The smallest absolute Gasteiger partial charge is 0.228 e. The van der Waals surface area contributed by atoms with Gasteiger partial charge in [-0.05, 0) is 18.9 Å². The van der Waals surface area contributed by atoms with Gasteiger partial charge in [-0.2, -0.15) is 4.98 Å². The lowest BCUT2D eigenvalue weighted by molar-refractivity contribution is 0.247. The second-order valence-corrected chi connectivity index (χ2v) is 7.29. The van der Waals surface area contributed by atoms with Crippen LogP contribution in [0.3, 0.4) is 0 Å². The number of rotatable bonds is 6. The lowest BCUT2D eigenvalue weighted by atomic mass is 9.84. The van der Waals surface area contributed by atoms with Crippen molar-refractivity contribution < 1.29 is 4.52 Å². The average molecular weight is 308 g/mol. The van der Waals surface area contributed by atoms with Crippen molar-refractivity contribution >= 4 is 11.3 Å². The number of aryl methyl sites for hydroxylation is 1. The second kappa shape index (κ2) is 6.66. The van der Waals surface area contributed by atoms with Crippen molar-refractivity contribution in [1.82, 2.24) is 20.4 Å². The minimum absolute atomic E-state index is 0.150.